The van der Waals surface area contributed by atoms with Gasteiger partial charge in [0.25, 0.3) is 0 Å². The van der Waals surface area contributed by atoms with E-state index < -0.39 is 23.3 Å². The molecule has 1 aliphatic heterocycles. The Labute approximate surface area is 87.8 Å². The molecule has 6 heteroatoms. The van der Waals surface area contributed by atoms with Gasteiger partial charge < -0.3 is 4.74 Å². The lowest BCUT2D eigenvalue weighted by Gasteiger charge is -2.18. The quantitative estimate of drug-likeness (QED) is 0.645. The van der Waals surface area contributed by atoms with Crippen molar-refractivity contribution in [3.63, 3.8) is 0 Å². The maximum absolute atomic E-state index is 13.3. The second kappa shape index (κ2) is 3.47. The summed E-state index contributed by atoms with van der Waals surface area (Å²) in [5.41, 5.74) is -1.51. The smallest absolute Gasteiger partial charge is 0.416 e. The zero-order chi connectivity index (χ0) is 11.9. The number of ether oxygens (including phenoxy) is 1. The summed E-state index contributed by atoms with van der Waals surface area (Å²) >= 11 is 0. The first-order valence-corrected chi connectivity index (χ1v) is 4.46. The van der Waals surface area contributed by atoms with Crippen molar-refractivity contribution in [1.82, 2.24) is 0 Å². The Morgan fingerprint density at radius 2 is 1.94 bits per heavy atom. The van der Waals surface area contributed by atoms with Crippen molar-refractivity contribution in [3.05, 3.63) is 29.1 Å². The zero-order valence-electron chi connectivity index (χ0n) is 7.90. The fourth-order valence-electron chi connectivity index (χ4n) is 1.49. The van der Waals surface area contributed by atoms with E-state index in [1.54, 1.807) is 0 Å². The highest BCUT2D eigenvalue weighted by molar-refractivity contribution is 5.99. The number of halogens is 4. The van der Waals surface area contributed by atoms with E-state index in [1.165, 1.54) is 0 Å². The Bertz CT molecular complexity index is 451. The van der Waals surface area contributed by atoms with Crippen LogP contribution in [0.25, 0.3) is 0 Å². The fourth-order valence-corrected chi connectivity index (χ4v) is 1.49. The van der Waals surface area contributed by atoms with Gasteiger partial charge in [0, 0.05) is 6.42 Å². The molecule has 2 nitrogen and oxygen atoms in total. The Kier molecular flexibility index (Phi) is 2.36. The van der Waals surface area contributed by atoms with Crippen molar-refractivity contribution in [2.75, 3.05) is 6.61 Å². The minimum atomic E-state index is -4.67. The first-order valence-electron chi connectivity index (χ1n) is 4.46. The van der Waals surface area contributed by atoms with Gasteiger partial charge in [-0.2, -0.15) is 13.2 Å². The first-order chi connectivity index (χ1) is 7.39. The summed E-state index contributed by atoms with van der Waals surface area (Å²) < 4.78 is 55.1. The van der Waals surface area contributed by atoms with Gasteiger partial charge in [0.05, 0.1) is 17.7 Å². The molecule has 0 saturated carbocycles. The third-order valence-corrected chi connectivity index (χ3v) is 2.25. The molecule has 1 heterocycles. The van der Waals surface area contributed by atoms with Crippen molar-refractivity contribution in [3.8, 4) is 5.75 Å². The van der Waals surface area contributed by atoms with Gasteiger partial charge in [-0.3, -0.25) is 4.79 Å². The highest BCUT2D eigenvalue weighted by Gasteiger charge is 2.34. The van der Waals surface area contributed by atoms with E-state index in [1.807, 2.05) is 0 Å². The van der Waals surface area contributed by atoms with E-state index in [0.717, 1.165) is 0 Å². The largest absolute Gasteiger partial charge is 0.489 e. The molecule has 16 heavy (non-hydrogen) atoms. The molecule has 86 valence electrons. The van der Waals surface area contributed by atoms with E-state index in [9.17, 15) is 22.4 Å². The number of carbonyl (C=O) groups excluding carboxylic acids is 1. The van der Waals surface area contributed by atoms with Crippen molar-refractivity contribution in [1.29, 1.82) is 0 Å². The summed E-state index contributed by atoms with van der Waals surface area (Å²) in [5, 5.41) is 0. The Morgan fingerprint density at radius 3 is 2.56 bits per heavy atom. The summed E-state index contributed by atoms with van der Waals surface area (Å²) in [6, 6.07) is 0.956. The van der Waals surface area contributed by atoms with Crippen molar-refractivity contribution < 1.29 is 27.1 Å². The molecular weight excluding hydrogens is 228 g/mol. The summed E-state index contributed by atoms with van der Waals surface area (Å²) in [5.74, 6) is -2.08. The Balaban J connectivity index is 2.60. The number of Topliss-reactive ketones (excluding diaryl/α,β-unsaturated/α-hetero) is 1. The highest BCUT2D eigenvalue weighted by Crippen LogP contribution is 2.36. The average molecular weight is 234 g/mol. The van der Waals surface area contributed by atoms with Crippen LogP contribution in [0.3, 0.4) is 0 Å². The normalized spacial score (nSPS) is 15.6. The number of alkyl halides is 3. The van der Waals surface area contributed by atoms with Gasteiger partial charge in [-0.25, -0.2) is 4.39 Å². The molecule has 0 bridgehead atoms. The molecule has 1 aliphatic rings. The maximum atomic E-state index is 13.3. The van der Waals surface area contributed by atoms with Gasteiger partial charge in [-0.15, -0.1) is 0 Å². The number of ketones is 1. The Hall–Kier alpha value is -1.59. The zero-order valence-corrected chi connectivity index (χ0v) is 7.90. The maximum Gasteiger partial charge on any atom is 0.416 e. The molecule has 0 atom stereocenters. The molecule has 0 aromatic heterocycles. The van der Waals surface area contributed by atoms with Crippen LogP contribution in [0, 0.1) is 5.82 Å². The van der Waals surface area contributed by atoms with Crippen LogP contribution in [0.4, 0.5) is 17.6 Å². The van der Waals surface area contributed by atoms with E-state index >= 15 is 0 Å². The highest BCUT2D eigenvalue weighted by atomic mass is 19.4. The van der Waals surface area contributed by atoms with E-state index in [-0.39, 0.29) is 24.3 Å². The predicted molar refractivity (Wildman–Crippen MR) is 45.8 cm³/mol. The van der Waals surface area contributed by atoms with Gasteiger partial charge in [0.1, 0.15) is 0 Å². The molecule has 0 spiro atoms. The third-order valence-electron chi connectivity index (χ3n) is 2.25. The molecule has 0 saturated heterocycles. The average Bonchev–Trinajstić information content (AvgIpc) is 2.18. The molecule has 1 aromatic rings. The number of fused-ring (bicyclic) bond motifs is 1. The SMILES string of the molecule is O=C1CCOc2c(F)cc(C(F)(F)F)cc21. The van der Waals surface area contributed by atoms with Crippen LogP contribution >= 0.6 is 0 Å². The molecular formula is C10H6F4O2. The standard InChI is InChI=1S/C10H6F4O2/c11-7-4-5(10(12,13)14)3-6-8(15)1-2-16-9(6)7/h3-4H,1-2H2. The number of carbonyl (C=O) groups is 1. The van der Waals surface area contributed by atoms with Crippen LogP contribution in [-0.4, -0.2) is 12.4 Å². The van der Waals surface area contributed by atoms with Gasteiger partial charge in [0.2, 0.25) is 0 Å². The van der Waals surface area contributed by atoms with Gasteiger partial charge in [-0.05, 0) is 12.1 Å². The molecule has 0 amide bonds. The fraction of sp³-hybridized carbons (Fsp3) is 0.300. The monoisotopic (exact) mass is 234 g/mol. The molecule has 0 radical (unpaired) electrons. The molecule has 0 fully saturated rings. The van der Waals surface area contributed by atoms with Gasteiger partial charge >= 0.3 is 6.18 Å². The second-order valence-corrected chi connectivity index (χ2v) is 3.35. The topological polar surface area (TPSA) is 26.3 Å². The summed E-state index contributed by atoms with van der Waals surface area (Å²) in [6.07, 6.45) is -4.71. The van der Waals surface area contributed by atoms with Crippen molar-refractivity contribution >= 4 is 5.78 Å². The van der Waals surface area contributed by atoms with E-state index in [4.69, 9.17) is 4.74 Å². The minimum absolute atomic E-state index is 0.00584. The Morgan fingerprint density at radius 1 is 1.25 bits per heavy atom. The lowest BCUT2D eigenvalue weighted by atomic mass is 10.0. The van der Waals surface area contributed by atoms with Crippen molar-refractivity contribution in [2.45, 2.75) is 12.6 Å². The summed E-state index contributed by atoms with van der Waals surface area (Å²) in [7, 11) is 0. The molecule has 0 unspecified atom stereocenters. The van der Waals surface area contributed by atoms with Crippen LogP contribution in [0.15, 0.2) is 12.1 Å². The van der Waals surface area contributed by atoms with Crippen LogP contribution < -0.4 is 4.74 Å². The van der Waals surface area contributed by atoms with Crippen molar-refractivity contribution in [2.24, 2.45) is 0 Å². The number of rotatable bonds is 0. The van der Waals surface area contributed by atoms with Crippen LogP contribution in [0.2, 0.25) is 0 Å². The predicted octanol–water partition coefficient (Wildman–Crippen LogP) is 2.81. The number of hydrogen-bond acceptors (Lipinski definition) is 2. The molecule has 2 rings (SSSR count). The van der Waals surface area contributed by atoms with Crippen LogP contribution in [0.1, 0.15) is 22.3 Å². The first kappa shape index (κ1) is 10.9. The van der Waals surface area contributed by atoms with E-state index in [0.29, 0.717) is 12.1 Å². The number of benzene rings is 1. The summed E-state index contributed by atoms with van der Waals surface area (Å²) in [4.78, 5) is 11.3. The third kappa shape index (κ3) is 1.75. The molecule has 1 aromatic carbocycles. The number of hydrogen-bond donors (Lipinski definition) is 0. The second-order valence-electron chi connectivity index (χ2n) is 3.35. The van der Waals surface area contributed by atoms with Crippen LogP contribution in [0.5, 0.6) is 5.75 Å². The van der Waals surface area contributed by atoms with E-state index in [2.05, 4.69) is 0 Å². The van der Waals surface area contributed by atoms with Gasteiger partial charge in [-0.1, -0.05) is 0 Å². The lowest BCUT2D eigenvalue weighted by molar-refractivity contribution is -0.137. The minimum Gasteiger partial charge on any atom is -0.489 e. The summed E-state index contributed by atoms with van der Waals surface area (Å²) in [6.45, 7) is -0.00584. The molecule has 0 N–H and O–H groups in total. The lowest BCUT2D eigenvalue weighted by Crippen LogP contribution is -2.18. The van der Waals surface area contributed by atoms with Gasteiger partial charge in [0.15, 0.2) is 17.3 Å². The molecule has 0 aliphatic carbocycles. The van der Waals surface area contributed by atoms with Crippen LogP contribution in [-0.2, 0) is 6.18 Å².